The molecule has 2 fully saturated rings. The zero-order valence-electron chi connectivity index (χ0n) is 26.8. The van der Waals surface area contributed by atoms with Gasteiger partial charge >= 0.3 is 5.97 Å². The molecule has 1 N–H and O–H groups in total. The molecule has 3 aromatic rings. The molecular formula is C33H45ClFN5O4. The van der Waals surface area contributed by atoms with Crippen LogP contribution in [0.3, 0.4) is 0 Å². The third kappa shape index (κ3) is 9.08. The Morgan fingerprint density at radius 3 is 2.30 bits per heavy atom. The monoisotopic (exact) mass is 629 g/mol. The van der Waals surface area contributed by atoms with Crippen LogP contribution in [0.4, 0.5) is 4.39 Å². The van der Waals surface area contributed by atoms with Crippen LogP contribution in [0.15, 0.2) is 30.5 Å². The lowest BCUT2D eigenvalue weighted by molar-refractivity contribution is -0.143. The number of carbonyl (C=O) groups is 3. The van der Waals surface area contributed by atoms with Gasteiger partial charge in [-0.15, -0.1) is 0 Å². The minimum atomic E-state index is -0.605. The number of carboxylic acid groups (broad SMARTS) is 1. The topological polar surface area (TPSA) is 108 Å². The Morgan fingerprint density at radius 1 is 1.11 bits per heavy atom. The number of carbonyl (C=O) groups excluding carboxylic acids is 2. The van der Waals surface area contributed by atoms with Gasteiger partial charge < -0.3 is 10.0 Å². The highest BCUT2D eigenvalue weighted by Crippen LogP contribution is 2.31. The van der Waals surface area contributed by atoms with Gasteiger partial charge in [0.05, 0.1) is 22.8 Å². The van der Waals surface area contributed by atoms with E-state index in [1.807, 2.05) is 11.0 Å². The summed E-state index contributed by atoms with van der Waals surface area (Å²) in [6.45, 7) is 15.3. The molecule has 1 aliphatic heterocycles. The molecule has 1 saturated heterocycles. The number of imidazole rings is 1. The second-order valence-electron chi connectivity index (χ2n) is 13.5. The maximum atomic E-state index is 13.4. The number of nitrogens with zero attached hydrogens (tertiary/aromatic N) is 5. The molecule has 1 aromatic carbocycles. The molecule has 0 radical (unpaired) electrons. The van der Waals surface area contributed by atoms with E-state index in [9.17, 15) is 18.8 Å². The van der Waals surface area contributed by atoms with Crippen molar-refractivity contribution in [3.05, 3.63) is 52.6 Å². The first-order chi connectivity index (χ1) is 20.5. The molecule has 0 atom stereocenters. The van der Waals surface area contributed by atoms with Crippen molar-refractivity contribution < 1.29 is 23.9 Å². The summed E-state index contributed by atoms with van der Waals surface area (Å²) >= 11 is 5.87. The van der Waals surface area contributed by atoms with Crippen molar-refractivity contribution >= 4 is 35.9 Å². The fourth-order valence-corrected chi connectivity index (χ4v) is 5.46. The summed E-state index contributed by atoms with van der Waals surface area (Å²) in [5, 5.41) is 13.1. The fourth-order valence-electron chi connectivity index (χ4n) is 5.27. The lowest BCUT2D eigenvalue weighted by Gasteiger charge is -2.43. The highest BCUT2D eigenvalue weighted by molar-refractivity contribution is 6.31. The fraction of sp³-hybridized carbons (Fsp3) is 0.545. The van der Waals surface area contributed by atoms with Crippen molar-refractivity contribution in [1.82, 2.24) is 24.4 Å². The summed E-state index contributed by atoms with van der Waals surface area (Å²) in [5.74, 6) is -0.378. The Labute approximate surface area is 264 Å². The average Bonchev–Trinajstić information content (AvgIpc) is 3.39. The van der Waals surface area contributed by atoms with Gasteiger partial charge in [0.1, 0.15) is 11.5 Å². The van der Waals surface area contributed by atoms with Gasteiger partial charge in [-0.05, 0) is 82.2 Å². The minimum Gasteiger partial charge on any atom is -0.481 e. The van der Waals surface area contributed by atoms with Crippen LogP contribution in [-0.4, -0.2) is 80.4 Å². The number of halogens is 2. The van der Waals surface area contributed by atoms with E-state index >= 15 is 0 Å². The van der Waals surface area contributed by atoms with E-state index in [1.165, 1.54) is 12.1 Å². The Bertz CT molecular complexity index is 1460. The Hall–Kier alpha value is -3.37. The number of rotatable bonds is 4. The largest absolute Gasteiger partial charge is 0.481 e. The van der Waals surface area contributed by atoms with Gasteiger partial charge in [0, 0.05) is 36.3 Å². The number of likely N-dealkylation sites (N-methyl/N-ethyl adjacent to an activating group) is 1. The van der Waals surface area contributed by atoms with Crippen molar-refractivity contribution in [1.29, 1.82) is 0 Å². The molecule has 2 aliphatic rings. The maximum absolute atomic E-state index is 13.4. The van der Waals surface area contributed by atoms with Crippen molar-refractivity contribution in [3.8, 4) is 11.3 Å². The summed E-state index contributed by atoms with van der Waals surface area (Å²) in [6.07, 6.45) is 7.16. The van der Waals surface area contributed by atoms with Gasteiger partial charge in [0.25, 0.3) is 0 Å². The van der Waals surface area contributed by atoms with Gasteiger partial charge in [0.2, 0.25) is 6.41 Å². The molecule has 11 heteroatoms. The number of amides is 1. The molecule has 3 heterocycles. The van der Waals surface area contributed by atoms with E-state index in [0.717, 1.165) is 63.2 Å². The number of aliphatic carboxylic acids is 1. The van der Waals surface area contributed by atoms with Gasteiger partial charge in [-0.25, -0.2) is 13.9 Å². The Balaban J connectivity index is 0.000000209. The van der Waals surface area contributed by atoms with E-state index in [-0.39, 0.29) is 21.9 Å². The highest BCUT2D eigenvalue weighted by Gasteiger charge is 2.30. The molecule has 0 unspecified atom stereocenters. The summed E-state index contributed by atoms with van der Waals surface area (Å²) in [7, 11) is 2.10. The van der Waals surface area contributed by atoms with Crippen molar-refractivity contribution in [2.24, 2.45) is 11.8 Å². The zero-order chi connectivity index (χ0) is 32.8. The lowest BCUT2D eigenvalue weighted by atomic mass is 9.83. The van der Waals surface area contributed by atoms with E-state index in [1.54, 1.807) is 16.8 Å². The van der Waals surface area contributed by atoms with E-state index in [4.69, 9.17) is 16.7 Å². The molecule has 5 rings (SSSR count). The summed E-state index contributed by atoms with van der Waals surface area (Å²) < 4.78 is 15.0. The Morgan fingerprint density at radius 2 is 1.77 bits per heavy atom. The van der Waals surface area contributed by atoms with Crippen LogP contribution in [0.1, 0.15) is 83.3 Å². The maximum Gasteiger partial charge on any atom is 0.306 e. The summed E-state index contributed by atoms with van der Waals surface area (Å²) in [6, 6.07) is 6.37. The molecular weight excluding hydrogens is 585 g/mol. The molecule has 0 spiro atoms. The minimum absolute atomic E-state index is 0.0425. The quantitative estimate of drug-likeness (QED) is 0.334. The molecule has 240 valence electrons. The first kappa shape index (κ1) is 35.1. The van der Waals surface area contributed by atoms with Crippen LogP contribution in [0.2, 0.25) is 5.02 Å². The third-order valence-electron chi connectivity index (χ3n) is 8.45. The first-order valence-electron chi connectivity index (χ1n) is 15.0. The summed E-state index contributed by atoms with van der Waals surface area (Å²) in [4.78, 5) is 40.4. The predicted octanol–water partition coefficient (Wildman–Crippen LogP) is 6.36. The molecule has 44 heavy (non-hydrogen) atoms. The number of benzene rings is 1. The van der Waals surface area contributed by atoms with Crippen molar-refractivity contribution in [2.75, 3.05) is 26.7 Å². The van der Waals surface area contributed by atoms with Crippen LogP contribution in [0.5, 0.6) is 0 Å². The predicted molar refractivity (Wildman–Crippen MR) is 171 cm³/mol. The zero-order valence-corrected chi connectivity index (χ0v) is 27.6. The van der Waals surface area contributed by atoms with E-state index in [2.05, 4.69) is 63.6 Å². The van der Waals surface area contributed by atoms with Crippen LogP contribution in [0, 0.1) is 17.7 Å². The lowest BCUT2D eigenvalue weighted by Crippen LogP contribution is -2.57. The number of aldehydes is 1. The molecule has 1 saturated carbocycles. The summed E-state index contributed by atoms with van der Waals surface area (Å²) in [5.41, 5.74) is 3.17. The molecule has 1 amide bonds. The number of hydrogen-bond acceptors (Lipinski definition) is 6. The first-order valence-corrected chi connectivity index (χ1v) is 15.4. The molecule has 1 aliphatic carbocycles. The van der Waals surface area contributed by atoms with Crippen LogP contribution >= 0.6 is 11.6 Å². The third-order valence-corrected chi connectivity index (χ3v) is 8.74. The average molecular weight is 630 g/mol. The van der Waals surface area contributed by atoms with Crippen molar-refractivity contribution in [2.45, 2.75) is 78.2 Å². The molecule has 2 aromatic heterocycles. The normalized spacial score (nSPS) is 20.2. The number of carboxylic acids is 1. The van der Waals surface area contributed by atoms with Gasteiger partial charge in [-0.3, -0.25) is 19.3 Å². The number of aromatic nitrogens is 3. The second kappa shape index (κ2) is 14.6. The van der Waals surface area contributed by atoms with E-state index < -0.39 is 11.8 Å². The SMILES string of the molecule is CC(C)(C)c1cc(-c2ccc(F)c(Cl)c2)nn2cc(C=O)nc12.CC1CCC(C(=O)O)CC1.CN1CCN(C=O)CC1(C)C. The number of fused-ring (bicyclic) bond motifs is 1. The van der Waals surface area contributed by atoms with Crippen LogP contribution < -0.4 is 0 Å². The molecule has 9 nitrogen and oxygen atoms in total. The molecule has 0 bridgehead atoms. The van der Waals surface area contributed by atoms with E-state index in [0.29, 0.717) is 28.9 Å². The second-order valence-corrected chi connectivity index (χ2v) is 13.9. The van der Waals surface area contributed by atoms with Gasteiger partial charge in [-0.1, -0.05) is 39.3 Å². The van der Waals surface area contributed by atoms with Gasteiger partial charge in [0.15, 0.2) is 11.9 Å². The van der Waals surface area contributed by atoms with Crippen molar-refractivity contribution in [3.63, 3.8) is 0 Å². The van der Waals surface area contributed by atoms with Crippen LogP contribution in [0.25, 0.3) is 16.9 Å². The smallest absolute Gasteiger partial charge is 0.306 e. The number of hydrogen-bond donors (Lipinski definition) is 1. The van der Waals surface area contributed by atoms with Crippen LogP contribution in [-0.2, 0) is 15.0 Å². The standard InChI is InChI=1S/C17H15ClFN3O.C8H16N2O.C8H14O2/c1-17(2,3)12-7-15(10-4-5-14(19)13(18)6-10)21-22-8-11(9-23)20-16(12)22;1-8(2)6-10(7-11)5-4-9(8)3;1-6-2-4-7(5-3-6)8(9)10/h4-9H,1-3H3;7H,4-6H2,1-3H3;6-7H,2-5H2,1H3,(H,9,10). The Kier molecular flexibility index (Phi) is 11.7. The highest BCUT2D eigenvalue weighted by atomic mass is 35.5. The van der Waals surface area contributed by atoms with Gasteiger partial charge in [-0.2, -0.15) is 5.10 Å². The number of piperazine rings is 1.